The minimum atomic E-state index is -0.401. The predicted octanol–water partition coefficient (Wildman–Crippen LogP) is 7.33. The fourth-order valence-electron chi connectivity index (χ4n) is 9.46. The van der Waals surface area contributed by atoms with Crippen molar-refractivity contribution < 1.29 is 20.4 Å². The Morgan fingerprint density at radius 2 is 0.550 bits per heavy atom. The van der Waals surface area contributed by atoms with Crippen LogP contribution in [0.4, 0.5) is 0 Å². The summed E-state index contributed by atoms with van der Waals surface area (Å²) in [5, 5.41) is 39.3. The Bertz CT molecular complexity index is 2380. The molecule has 0 spiro atoms. The van der Waals surface area contributed by atoms with Gasteiger partial charge in [-0.2, -0.15) is 0 Å². The lowest BCUT2D eigenvalue weighted by atomic mass is 10.0. The van der Waals surface area contributed by atoms with Gasteiger partial charge in [-0.25, -0.2) is 19.9 Å². The number of aliphatic hydroxyl groups excluding tert-OH is 4. The standard InChI is InChI=1S/4C12H12N2O/c4*1-8(15)12-10-5-3-2-4-9(10)11-6-13-7-14(11)12/h4*2-8,12,15H,1H3/t2*8-,12+;2*8-,12-/m1010/s1. The highest BCUT2D eigenvalue weighted by molar-refractivity contribution is 5.71. The van der Waals surface area contributed by atoms with Crippen LogP contribution in [0.3, 0.4) is 0 Å². The minimum absolute atomic E-state index is 0.0127. The average Bonchev–Trinajstić information content (AvgIpc) is 4.09. The molecule has 0 saturated heterocycles. The molecule has 12 heteroatoms. The van der Waals surface area contributed by atoms with Crippen LogP contribution < -0.4 is 0 Å². The van der Waals surface area contributed by atoms with Gasteiger partial charge in [-0.1, -0.05) is 97.1 Å². The van der Waals surface area contributed by atoms with Crippen LogP contribution in [-0.4, -0.2) is 83.0 Å². The Balaban J connectivity index is 0.000000103. The maximum atomic E-state index is 9.82. The maximum absolute atomic E-state index is 9.82. The largest absolute Gasteiger partial charge is 0.391 e. The van der Waals surface area contributed by atoms with Gasteiger partial charge in [0.2, 0.25) is 0 Å². The van der Waals surface area contributed by atoms with Crippen LogP contribution in [-0.2, 0) is 0 Å². The highest BCUT2D eigenvalue weighted by Gasteiger charge is 2.34. The molecule has 4 aliphatic heterocycles. The van der Waals surface area contributed by atoms with E-state index in [0.717, 1.165) is 22.8 Å². The first-order valence-electron chi connectivity index (χ1n) is 20.3. The fraction of sp³-hybridized carbons (Fsp3) is 0.250. The zero-order valence-corrected chi connectivity index (χ0v) is 33.8. The van der Waals surface area contributed by atoms with E-state index < -0.39 is 24.4 Å². The number of nitrogens with zero attached hydrogens (tertiary/aromatic N) is 8. The molecule has 60 heavy (non-hydrogen) atoms. The maximum Gasteiger partial charge on any atom is 0.0957 e. The van der Waals surface area contributed by atoms with Gasteiger partial charge in [0.1, 0.15) is 0 Å². The van der Waals surface area contributed by atoms with Gasteiger partial charge >= 0.3 is 0 Å². The quantitative estimate of drug-likeness (QED) is 0.144. The summed E-state index contributed by atoms with van der Waals surface area (Å²) in [4.78, 5) is 16.5. The number of imidazole rings is 4. The van der Waals surface area contributed by atoms with Crippen LogP contribution in [0.1, 0.15) is 74.1 Å². The average molecular weight is 801 g/mol. The summed E-state index contributed by atoms with van der Waals surface area (Å²) < 4.78 is 8.15. The van der Waals surface area contributed by atoms with Gasteiger partial charge in [0.15, 0.2) is 0 Å². The summed E-state index contributed by atoms with van der Waals surface area (Å²) in [5.41, 5.74) is 13.8. The summed E-state index contributed by atoms with van der Waals surface area (Å²) in [6.45, 7) is 7.26. The zero-order valence-electron chi connectivity index (χ0n) is 33.8. The third-order valence-electron chi connectivity index (χ3n) is 11.9. The van der Waals surface area contributed by atoms with Gasteiger partial charge in [-0.3, -0.25) is 0 Å². The van der Waals surface area contributed by atoms with E-state index in [0.29, 0.717) is 0 Å². The molecular formula is C48H48N8O4. The second-order valence-electron chi connectivity index (χ2n) is 15.8. The van der Waals surface area contributed by atoms with Crippen molar-refractivity contribution in [2.45, 2.75) is 76.3 Å². The highest BCUT2D eigenvalue weighted by atomic mass is 16.3. The van der Waals surface area contributed by atoms with E-state index in [2.05, 4.69) is 68.5 Å². The van der Waals surface area contributed by atoms with Crippen molar-refractivity contribution in [1.82, 2.24) is 38.2 Å². The third kappa shape index (κ3) is 6.58. The molecule has 0 aliphatic carbocycles. The molecule has 0 fully saturated rings. The Labute approximate surface area is 348 Å². The molecule has 8 heterocycles. The van der Waals surface area contributed by atoms with E-state index in [4.69, 9.17) is 0 Å². The van der Waals surface area contributed by atoms with Crippen molar-refractivity contribution in [1.29, 1.82) is 0 Å². The van der Waals surface area contributed by atoms with Crippen LogP contribution in [0, 0.1) is 0 Å². The number of rotatable bonds is 4. The van der Waals surface area contributed by atoms with Crippen molar-refractivity contribution in [2.75, 3.05) is 0 Å². The molecule has 0 bridgehead atoms. The van der Waals surface area contributed by atoms with Gasteiger partial charge in [-0.05, 0) is 49.9 Å². The molecule has 0 unspecified atom stereocenters. The van der Waals surface area contributed by atoms with Crippen molar-refractivity contribution in [2.24, 2.45) is 0 Å². The minimum Gasteiger partial charge on any atom is -0.391 e. The number of aromatic nitrogens is 8. The SMILES string of the molecule is C[C@@H](O)[C@@H]1c2ccccc2-c2cncn21.C[C@@H](O)[C@H]1c2ccccc2-c2cncn21.C[C@H](O)[C@@H]1c2ccccc2-c2cncn21.C[C@H](O)[C@H]1c2ccccc2-c2cncn21. The Hall–Kier alpha value is -6.44. The lowest BCUT2D eigenvalue weighted by Crippen LogP contribution is -2.18. The van der Waals surface area contributed by atoms with Gasteiger partial charge in [-0.15, -0.1) is 0 Å². The zero-order chi connectivity index (χ0) is 41.7. The fourth-order valence-corrected chi connectivity index (χ4v) is 9.46. The van der Waals surface area contributed by atoms with Crippen molar-refractivity contribution in [3.05, 3.63) is 169 Å². The molecule has 304 valence electrons. The second kappa shape index (κ2) is 16.0. The van der Waals surface area contributed by atoms with Crippen LogP contribution >= 0.6 is 0 Å². The van der Waals surface area contributed by atoms with Crippen LogP contribution in [0.25, 0.3) is 45.0 Å². The molecule has 0 amide bonds. The second-order valence-corrected chi connectivity index (χ2v) is 15.8. The number of hydrogen-bond donors (Lipinski definition) is 4. The Kier molecular flexibility index (Phi) is 10.4. The monoisotopic (exact) mass is 800 g/mol. The third-order valence-corrected chi connectivity index (χ3v) is 11.9. The lowest BCUT2D eigenvalue weighted by Gasteiger charge is -2.17. The van der Waals surface area contributed by atoms with Crippen LogP contribution in [0.15, 0.2) is 147 Å². The van der Waals surface area contributed by atoms with Gasteiger partial charge in [0, 0.05) is 22.3 Å². The molecule has 12 nitrogen and oxygen atoms in total. The summed E-state index contributed by atoms with van der Waals surface area (Å²) >= 11 is 0. The normalized spacial score (nSPS) is 19.7. The number of aliphatic hydroxyl groups is 4. The molecule has 8 aromatic rings. The predicted molar refractivity (Wildman–Crippen MR) is 230 cm³/mol. The molecule has 8 atom stereocenters. The summed E-state index contributed by atoms with van der Waals surface area (Å²) in [6, 6.07) is 32.7. The van der Waals surface area contributed by atoms with Gasteiger partial charge in [0.25, 0.3) is 0 Å². The van der Waals surface area contributed by atoms with E-state index in [9.17, 15) is 20.4 Å². The molecule has 0 saturated carbocycles. The van der Waals surface area contributed by atoms with Crippen LogP contribution in [0.2, 0.25) is 0 Å². The molecular weight excluding hydrogens is 753 g/mol. The molecule has 0 radical (unpaired) electrons. The van der Waals surface area contributed by atoms with Crippen LogP contribution in [0.5, 0.6) is 0 Å². The van der Waals surface area contributed by atoms with Crippen molar-refractivity contribution in [3.63, 3.8) is 0 Å². The molecule has 12 rings (SSSR count). The van der Waals surface area contributed by atoms with Crippen molar-refractivity contribution >= 4 is 0 Å². The lowest BCUT2D eigenvalue weighted by molar-refractivity contribution is 0.152. The van der Waals surface area contributed by atoms with E-state index in [-0.39, 0.29) is 24.2 Å². The van der Waals surface area contributed by atoms with E-state index in [1.54, 1.807) is 25.3 Å². The van der Waals surface area contributed by atoms with Gasteiger partial charge in [0.05, 0.1) is 121 Å². The molecule has 4 aromatic heterocycles. The Morgan fingerprint density at radius 3 is 0.750 bits per heavy atom. The number of benzene rings is 4. The van der Waals surface area contributed by atoms with E-state index in [1.807, 2.05) is 119 Å². The topological polar surface area (TPSA) is 152 Å². The number of fused-ring (bicyclic) bond motifs is 12. The van der Waals surface area contributed by atoms with Gasteiger partial charge < -0.3 is 38.7 Å². The van der Waals surface area contributed by atoms with E-state index >= 15 is 0 Å². The smallest absolute Gasteiger partial charge is 0.0957 e. The van der Waals surface area contributed by atoms with E-state index in [1.165, 1.54) is 44.5 Å². The summed E-state index contributed by atoms with van der Waals surface area (Å²) in [6.07, 6.45) is 12.9. The Morgan fingerprint density at radius 1 is 0.350 bits per heavy atom. The highest BCUT2D eigenvalue weighted by Crippen LogP contribution is 2.43. The van der Waals surface area contributed by atoms with Crippen molar-refractivity contribution in [3.8, 4) is 45.0 Å². The molecule has 4 aromatic carbocycles. The molecule has 4 N–H and O–H groups in total. The summed E-state index contributed by atoms with van der Waals surface area (Å²) in [5.74, 6) is 0. The molecule has 4 aliphatic rings. The first-order valence-corrected chi connectivity index (χ1v) is 20.3. The first kappa shape index (κ1) is 39.0. The number of hydrogen-bond acceptors (Lipinski definition) is 8. The summed E-state index contributed by atoms with van der Waals surface area (Å²) in [7, 11) is 0. The first-order chi connectivity index (χ1) is 29.2.